The van der Waals surface area contributed by atoms with Gasteiger partial charge in [-0.05, 0) is 28.2 Å². The molecule has 0 fully saturated rings. The molecule has 72 valence electrons. The molecule has 0 atom stereocenters. The first-order valence-corrected chi connectivity index (χ1v) is 4.86. The number of hydrogen-bond acceptors (Lipinski definition) is 2. The van der Waals surface area contributed by atoms with E-state index in [1.165, 1.54) is 12.1 Å². The Bertz CT molecular complexity index is 373. The van der Waals surface area contributed by atoms with Gasteiger partial charge in [0.15, 0.2) is 0 Å². The highest BCUT2D eigenvalue weighted by atomic mass is 127. The largest absolute Gasteiger partial charge is 0.481 e. The Morgan fingerprint density at radius 3 is 2.57 bits per heavy atom. The van der Waals surface area contributed by atoms with Crippen LogP contribution in [0, 0.1) is 9.85 Å². The van der Waals surface area contributed by atoms with Crippen LogP contribution in [-0.4, -0.2) is 17.7 Å². The lowest BCUT2D eigenvalue weighted by atomic mass is 10.2. The van der Waals surface area contributed by atoms with Crippen molar-refractivity contribution < 1.29 is 14.6 Å². The van der Waals surface area contributed by atoms with Gasteiger partial charge in [-0.15, -0.1) is 0 Å². The molecular weight excluding hydrogens is 295 g/mol. The van der Waals surface area contributed by atoms with E-state index in [1.807, 2.05) is 22.6 Å². The molecule has 0 aliphatic carbocycles. The van der Waals surface area contributed by atoms with Crippen LogP contribution in [0.25, 0.3) is 0 Å². The zero-order valence-corrected chi connectivity index (χ0v) is 9.32. The molecule has 1 aromatic rings. The highest BCUT2D eigenvalue weighted by Crippen LogP contribution is 2.11. The Kier molecular flexibility index (Phi) is 4.26. The van der Waals surface area contributed by atoms with Crippen molar-refractivity contribution in [2.75, 3.05) is 6.61 Å². The molecule has 0 aromatic heterocycles. The predicted octanol–water partition coefficient (Wildman–Crippen LogP) is 2.16. The molecule has 14 heavy (non-hydrogen) atoms. The summed E-state index contributed by atoms with van der Waals surface area (Å²) in [6, 6.07) is 6.21. The Morgan fingerprint density at radius 2 is 2.07 bits per heavy atom. The van der Waals surface area contributed by atoms with E-state index in [1.54, 1.807) is 12.1 Å². The van der Waals surface area contributed by atoms with Gasteiger partial charge in [-0.3, -0.25) is 0 Å². The molecule has 0 aliphatic heterocycles. The fraction of sp³-hybridized carbons (Fsp3) is 0.100. The number of ether oxygens (including phenoxy) is 1. The molecule has 1 N–H and O–H groups in total. The van der Waals surface area contributed by atoms with Gasteiger partial charge in [0, 0.05) is 22.6 Å². The molecule has 0 aliphatic rings. The van der Waals surface area contributed by atoms with E-state index in [2.05, 4.69) is 9.85 Å². The number of carbonyl (C=O) groups is 1. The van der Waals surface area contributed by atoms with Crippen LogP contribution in [0.4, 0.5) is 0 Å². The summed E-state index contributed by atoms with van der Waals surface area (Å²) < 4.78 is 7.88. The van der Waals surface area contributed by atoms with Crippen LogP contribution < -0.4 is 4.74 Å². The fourth-order valence-corrected chi connectivity index (χ4v) is 0.996. The Morgan fingerprint density at radius 1 is 1.43 bits per heavy atom. The third-order valence-electron chi connectivity index (χ3n) is 1.48. The predicted molar refractivity (Wildman–Crippen MR) is 60.7 cm³/mol. The number of carboxylic acid groups (broad SMARTS) is 1. The van der Waals surface area contributed by atoms with Gasteiger partial charge in [0.25, 0.3) is 0 Å². The van der Waals surface area contributed by atoms with Crippen molar-refractivity contribution in [2.24, 2.45) is 0 Å². The van der Waals surface area contributed by atoms with Gasteiger partial charge >= 0.3 is 5.97 Å². The summed E-state index contributed by atoms with van der Waals surface area (Å²) in [6.07, 6.45) is 0. The van der Waals surface area contributed by atoms with Crippen molar-refractivity contribution in [1.82, 2.24) is 0 Å². The number of rotatable bonds is 3. The van der Waals surface area contributed by atoms with Crippen LogP contribution in [0.3, 0.4) is 0 Å². The zero-order chi connectivity index (χ0) is 10.4. The third kappa shape index (κ3) is 3.26. The number of halogens is 1. The average Bonchev–Trinajstić information content (AvgIpc) is 2.19. The van der Waals surface area contributed by atoms with Gasteiger partial charge in [-0.25, -0.2) is 4.79 Å². The van der Waals surface area contributed by atoms with Crippen molar-refractivity contribution in [3.63, 3.8) is 0 Å². The van der Waals surface area contributed by atoms with E-state index in [4.69, 9.17) is 9.84 Å². The van der Waals surface area contributed by atoms with Crippen LogP contribution in [0.5, 0.6) is 5.75 Å². The topological polar surface area (TPSA) is 46.5 Å². The van der Waals surface area contributed by atoms with E-state index in [0.717, 1.165) is 0 Å². The minimum Gasteiger partial charge on any atom is -0.481 e. The van der Waals surface area contributed by atoms with Crippen LogP contribution >= 0.6 is 22.6 Å². The molecule has 0 saturated heterocycles. The minimum atomic E-state index is -0.941. The molecular formula is C10H7IO3. The number of benzene rings is 1. The SMILES string of the molecule is O=C(O)c1ccc(OCC#CI)cc1. The van der Waals surface area contributed by atoms with Crippen LogP contribution in [0.2, 0.25) is 0 Å². The first-order chi connectivity index (χ1) is 6.74. The minimum absolute atomic E-state index is 0.248. The van der Waals surface area contributed by atoms with Gasteiger partial charge in [-0.1, -0.05) is 5.92 Å². The highest BCUT2D eigenvalue weighted by Gasteiger charge is 2.01. The smallest absolute Gasteiger partial charge is 0.335 e. The summed E-state index contributed by atoms with van der Waals surface area (Å²) in [5, 5.41) is 8.63. The monoisotopic (exact) mass is 302 g/mol. The number of hydrogen-bond donors (Lipinski definition) is 1. The molecule has 0 spiro atoms. The average molecular weight is 302 g/mol. The van der Waals surface area contributed by atoms with E-state index >= 15 is 0 Å². The molecule has 0 heterocycles. The maximum absolute atomic E-state index is 10.5. The van der Waals surface area contributed by atoms with Gasteiger partial charge in [-0.2, -0.15) is 0 Å². The van der Waals surface area contributed by atoms with E-state index in [0.29, 0.717) is 12.4 Å². The standard InChI is InChI=1S/C10H7IO3/c11-6-1-7-14-9-4-2-8(3-5-9)10(12)13/h2-5H,7H2,(H,12,13). The van der Waals surface area contributed by atoms with E-state index in [-0.39, 0.29) is 5.56 Å². The maximum Gasteiger partial charge on any atom is 0.335 e. The Labute approximate surface area is 95.2 Å². The third-order valence-corrected chi connectivity index (χ3v) is 1.86. The molecule has 0 bridgehead atoms. The highest BCUT2D eigenvalue weighted by molar-refractivity contribution is 14.1. The van der Waals surface area contributed by atoms with Crippen molar-refractivity contribution in [2.45, 2.75) is 0 Å². The number of carboxylic acids is 1. The second-order valence-electron chi connectivity index (χ2n) is 2.39. The molecule has 0 saturated carbocycles. The van der Waals surface area contributed by atoms with Gasteiger partial charge < -0.3 is 9.84 Å². The summed E-state index contributed by atoms with van der Waals surface area (Å²) >= 11 is 1.93. The first-order valence-electron chi connectivity index (χ1n) is 3.78. The van der Waals surface area contributed by atoms with Gasteiger partial charge in [0.05, 0.1) is 5.56 Å². The quantitative estimate of drug-likeness (QED) is 0.687. The summed E-state index contributed by atoms with van der Waals surface area (Å²) in [7, 11) is 0. The Hall–Kier alpha value is -1.22. The maximum atomic E-state index is 10.5. The normalized spacial score (nSPS) is 8.64. The molecule has 1 aromatic carbocycles. The lowest BCUT2D eigenvalue weighted by Crippen LogP contribution is -1.97. The molecule has 3 nitrogen and oxygen atoms in total. The zero-order valence-electron chi connectivity index (χ0n) is 7.16. The van der Waals surface area contributed by atoms with E-state index < -0.39 is 5.97 Å². The first kappa shape index (κ1) is 10.9. The summed E-state index contributed by atoms with van der Waals surface area (Å²) in [5.74, 6) is 2.41. The molecule has 4 heteroatoms. The fourth-order valence-electron chi connectivity index (χ4n) is 0.840. The van der Waals surface area contributed by atoms with Gasteiger partial charge in [0.2, 0.25) is 0 Å². The van der Waals surface area contributed by atoms with Crippen LogP contribution in [0.15, 0.2) is 24.3 Å². The van der Waals surface area contributed by atoms with E-state index in [9.17, 15) is 4.79 Å². The summed E-state index contributed by atoms with van der Waals surface area (Å²) in [5.41, 5.74) is 0.248. The molecule has 0 unspecified atom stereocenters. The second kappa shape index (κ2) is 5.50. The summed E-state index contributed by atoms with van der Waals surface area (Å²) in [4.78, 5) is 10.5. The molecule has 0 amide bonds. The lowest BCUT2D eigenvalue weighted by molar-refractivity contribution is 0.0697. The van der Waals surface area contributed by atoms with Crippen molar-refractivity contribution >= 4 is 28.6 Å². The van der Waals surface area contributed by atoms with Crippen LogP contribution in [-0.2, 0) is 0 Å². The number of aromatic carboxylic acids is 1. The summed E-state index contributed by atoms with van der Waals surface area (Å²) in [6.45, 7) is 0.315. The van der Waals surface area contributed by atoms with Crippen LogP contribution in [0.1, 0.15) is 10.4 Å². The molecule has 0 radical (unpaired) electrons. The van der Waals surface area contributed by atoms with Crippen molar-refractivity contribution in [1.29, 1.82) is 0 Å². The van der Waals surface area contributed by atoms with Gasteiger partial charge in [0.1, 0.15) is 12.4 Å². The van der Waals surface area contributed by atoms with Crippen molar-refractivity contribution in [3.8, 4) is 15.6 Å². The lowest BCUT2D eigenvalue weighted by Gasteiger charge is -2.01. The molecule has 1 rings (SSSR count). The second-order valence-corrected chi connectivity index (χ2v) is 2.93. The Balaban J connectivity index is 2.62. The van der Waals surface area contributed by atoms with Crippen molar-refractivity contribution in [3.05, 3.63) is 29.8 Å².